The number of hydrogen-bond acceptors (Lipinski definition) is 3. The first-order valence-corrected chi connectivity index (χ1v) is 8.73. The fourth-order valence-corrected chi connectivity index (χ4v) is 4.28. The van der Waals surface area contributed by atoms with E-state index in [1.54, 1.807) is 0 Å². The summed E-state index contributed by atoms with van der Waals surface area (Å²) in [6, 6.07) is 0.567. The van der Waals surface area contributed by atoms with Gasteiger partial charge in [0.2, 0.25) is 0 Å². The van der Waals surface area contributed by atoms with Gasteiger partial charge in [-0.05, 0) is 44.9 Å². The maximum atomic E-state index is 6.27. The van der Waals surface area contributed by atoms with E-state index in [4.69, 9.17) is 10.5 Å². The van der Waals surface area contributed by atoms with Crippen LogP contribution < -0.4 is 5.73 Å². The molecule has 3 heteroatoms. The third kappa shape index (κ3) is 3.37. The predicted octanol–water partition coefficient (Wildman–Crippen LogP) is 3.17. The van der Waals surface area contributed by atoms with Crippen LogP contribution in [0, 0.1) is 5.92 Å². The van der Waals surface area contributed by atoms with E-state index in [1.165, 1.54) is 44.9 Å². The van der Waals surface area contributed by atoms with Crippen LogP contribution in [0.2, 0.25) is 0 Å². The van der Waals surface area contributed by atoms with Gasteiger partial charge in [0.15, 0.2) is 0 Å². The Bertz CT molecular complexity index is 287. The van der Waals surface area contributed by atoms with Gasteiger partial charge in [-0.2, -0.15) is 0 Å². The molecule has 0 aromatic heterocycles. The number of morpholine rings is 1. The lowest BCUT2D eigenvalue weighted by molar-refractivity contribution is -0.110. The Labute approximate surface area is 125 Å². The van der Waals surface area contributed by atoms with E-state index < -0.39 is 0 Å². The quantitative estimate of drug-likeness (QED) is 0.841. The largest absolute Gasteiger partial charge is 0.376 e. The molecule has 0 radical (unpaired) electrons. The second kappa shape index (κ2) is 7.24. The van der Waals surface area contributed by atoms with Crippen LogP contribution in [-0.4, -0.2) is 42.3 Å². The van der Waals surface area contributed by atoms with Crippen LogP contribution in [0.25, 0.3) is 0 Å². The Kier molecular flexibility index (Phi) is 5.88. The third-order valence-corrected chi connectivity index (χ3v) is 5.66. The summed E-state index contributed by atoms with van der Waals surface area (Å²) in [6.07, 6.45) is 9.57. The van der Waals surface area contributed by atoms with E-state index in [0.29, 0.717) is 12.1 Å². The molecule has 0 spiro atoms. The van der Waals surface area contributed by atoms with Crippen LogP contribution >= 0.6 is 0 Å². The van der Waals surface area contributed by atoms with Crippen LogP contribution in [-0.2, 0) is 4.74 Å². The predicted molar refractivity (Wildman–Crippen MR) is 84.9 cm³/mol. The highest BCUT2D eigenvalue weighted by atomic mass is 16.5. The molecule has 1 saturated carbocycles. The summed E-state index contributed by atoms with van der Waals surface area (Å²) in [5, 5.41) is 0. The second-order valence-corrected chi connectivity index (χ2v) is 7.02. The van der Waals surface area contributed by atoms with Crippen molar-refractivity contribution in [2.75, 3.05) is 19.7 Å². The Hall–Kier alpha value is -0.120. The van der Waals surface area contributed by atoms with Gasteiger partial charge in [0.1, 0.15) is 0 Å². The summed E-state index contributed by atoms with van der Waals surface area (Å²) in [7, 11) is 0. The summed E-state index contributed by atoms with van der Waals surface area (Å²) < 4.78 is 5.87. The maximum Gasteiger partial charge on any atom is 0.0675 e. The number of rotatable bonds is 5. The zero-order valence-electron chi connectivity index (χ0n) is 13.7. The van der Waals surface area contributed by atoms with Crippen molar-refractivity contribution < 1.29 is 4.74 Å². The molecule has 2 rings (SSSR count). The molecule has 1 saturated heterocycles. The molecule has 3 nitrogen and oxygen atoms in total. The van der Waals surface area contributed by atoms with Crippen molar-refractivity contribution in [3.05, 3.63) is 0 Å². The van der Waals surface area contributed by atoms with Crippen molar-refractivity contribution in [3.63, 3.8) is 0 Å². The minimum atomic E-state index is 0.253. The molecular formula is C17H34N2O. The number of ether oxygens (including phenoxy) is 1. The van der Waals surface area contributed by atoms with E-state index >= 15 is 0 Å². The second-order valence-electron chi connectivity index (χ2n) is 7.02. The van der Waals surface area contributed by atoms with Gasteiger partial charge < -0.3 is 10.5 Å². The topological polar surface area (TPSA) is 38.5 Å². The first-order chi connectivity index (χ1) is 9.65. The number of nitrogens with two attached hydrogens (primary N) is 1. The van der Waals surface area contributed by atoms with E-state index in [2.05, 4.69) is 25.7 Å². The molecule has 2 fully saturated rings. The molecule has 1 heterocycles. The highest BCUT2D eigenvalue weighted by Gasteiger charge is 2.43. The number of hydrogen-bond donors (Lipinski definition) is 1. The molecule has 0 bridgehead atoms. The smallest absolute Gasteiger partial charge is 0.0675 e. The van der Waals surface area contributed by atoms with Gasteiger partial charge in [0.05, 0.1) is 12.7 Å². The van der Waals surface area contributed by atoms with Gasteiger partial charge in [0, 0.05) is 24.7 Å². The molecule has 0 aromatic carbocycles. The van der Waals surface area contributed by atoms with Gasteiger partial charge in [-0.15, -0.1) is 0 Å². The average molecular weight is 282 g/mol. The van der Waals surface area contributed by atoms with Crippen molar-refractivity contribution in [2.24, 2.45) is 11.7 Å². The van der Waals surface area contributed by atoms with Crippen molar-refractivity contribution in [3.8, 4) is 0 Å². The standard InChI is InChI=1S/C17H34N2O/c1-4-6-15-7-9-17(13-18,10-8-15)19-11-14(3)20-12-16(19)5-2/h14-16H,4-13,18H2,1-3H3. The molecule has 20 heavy (non-hydrogen) atoms. The fraction of sp³-hybridized carbons (Fsp3) is 1.00. The molecule has 1 aliphatic carbocycles. The molecule has 2 unspecified atom stereocenters. The fourth-order valence-electron chi connectivity index (χ4n) is 4.28. The highest BCUT2D eigenvalue weighted by molar-refractivity contribution is 4.99. The minimum Gasteiger partial charge on any atom is -0.376 e. The normalized spacial score (nSPS) is 39.9. The lowest BCUT2D eigenvalue weighted by Crippen LogP contribution is -2.64. The molecule has 0 aromatic rings. The molecule has 1 aliphatic heterocycles. The first kappa shape index (κ1) is 16.3. The van der Waals surface area contributed by atoms with Crippen LogP contribution in [0.4, 0.5) is 0 Å². The van der Waals surface area contributed by atoms with E-state index in [0.717, 1.165) is 25.6 Å². The molecule has 2 atom stereocenters. The summed E-state index contributed by atoms with van der Waals surface area (Å²) in [5.41, 5.74) is 6.52. The van der Waals surface area contributed by atoms with Gasteiger partial charge in [-0.1, -0.05) is 26.7 Å². The third-order valence-electron chi connectivity index (χ3n) is 5.66. The van der Waals surface area contributed by atoms with Crippen molar-refractivity contribution in [2.45, 2.75) is 83.4 Å². The summed E-state index contributed by atoms with van der Waals surface area (Å²) in [6.45, 7) is 9.55. The molecule has 118 valence electrons. The molecular weight excluding hydrogens is 248 g/mol. The Balaban J connectivity index is 2.06. The number of nitrogens with zero attached hydrogens (tertiary/aromatic N) is 1. The molecule has 2 aliphatic rings. The first-order valence-electron chi connectivity index (χ1n) is 8.73. The molecule has 0 amide bonds. The lowest BCUT2D eigenvalue weighted by Gasteiger charge is -2.53. The van der Waals surface area contributed by atoms with Crippen molar-refractivity contribution >= 4 is 0 Å². The zero-order chi connectivity index (χ0) is 14.6. The Morgan fingerprint density at radius 3 is 2.50 bits per heavy atom. The maximum absolute atomic E-state index is 6.27. The summed E-state index contributed by atoms with van der Waals surface area (Å²) in [5.74, 6) is 0.943. The van der Waals surface area contributed by atoms with Gasteiger partial charge in [-0.3, -0.25) is 4.90 Å². The Morgan fingerprint density at radius 2 is 1.95 bits per heavy atom. The zero-order valence-corrected chi connectivity index (χ0v) is 13.7. The van der Waals surface area contributed by atoms with Crippen LogP contribution in [0.3, 0.4) is 0 Å². The van der Waals surface area contributed by atoms with Crippen LogP contribution in [0.15, 0.2) is 0 Å². The van der Waals surface area contributed by atoms with Crippen molar-refractivity contribution in [1.29, 1.82) is 0 Å². The summed E-state index contributed by atoms with van der Waals surface area (Å²) in [4.78, 5) is 2.73. The lowest BCUT2D eigenvalue weighted by atomic mass is 9.73. The van der Waals surface area contributed by atoms with Gasteiger partial charge >= 0.3 is 0 Å². The van der Waals surface area contributed by atoms with E-state index in [1.807, 2.05) is 0 Å². The van der Waals surface area contributed by atoms with E-state index in [9.17, 15) is 0 Å². The SMILES string of the molecule is CCCC1CCC(CN)(N2CC(C)OCC2CC)CC1. The minimum absolute atomic E-state index is 0.253. The van der Waals surface area contributed by atoms with Gasteiger partial charge in [0.25, 0.3) is 0 Å². The average Bonchev–Trinajstić information content (AvgIpc) is 2.48. The van der Waals surface area contributed by atoms with Crippen LogP contribution in [0.1, 0.15) is 65.7 Å². The summed E-state index contributed by atoms with van der Waals surface area (Å²) >= 11 is 0. The highest BCUT2D eigenvalue weighted by Crippen LogP contribution is 2.40. The Morgan fingerprint density at radius 1 is 1.25 bits per heavy atom. The van der Waals surface area contributed by atoms with Crippen molar-refractivity contribution in [1.82, 2.24) is 4.90 Å². The molecule has 2 N–H and O–H groups in total. The monoisotopic (exact) mass is 282 g/mol. The van der Waals surface area contributed by atoms with Gasteiger partial charge in [-0.25, -0.2) is 0 Å². The van der Waals surface area contributed by atoms with Crippen LogP contribution in [0.5, 0.6) is 0 Å². The van der Waals surface area contributed by atoms with E-state index in [-0.39, 0.29) is 5.54 Å².